The number of para-hydroxylation sites is 1. The smallest absolute Gasteiger partial charge is 0.165 e. The van der Waals surface area contributed by atoms with E-state index in [-0.39, 0.29) is 0 Å². The molecule has 0 aliphatic carbocycles. The summed E-state index contributed by atoms with van der Waals surface area (Å²) >= 11 is 0. The summed E-state index contributed by atoms with van der Waals surface area (Å²) in [5.41, 5.74) is 2.35. The van der Waals surface area contributed by atoms with Crippen LogP contribution in [0.25, 0.3) is 0 Å². The van der Waals surface area contributed by atoms with Crippen molar-refractivity contribution in [1.29, 1.82) is 0 Å². The van der Waals surface area contributed by atoms with Crippen molar-refractivity contribution in [2.75, 3.05) is 53.6 Å². The molecule has 3 rings (SSSR count). The summed E-state index contributed by atoms with van der Waals surface area (Å²) in [4.78, 5) is 9.20. The molecule has 2 aromatic rings. The van der Waals surface area contributed by atoms with E-state index in [0.29, 0.717) is 0 Å². The molecular formula is C22H31N3O3. The van der Waals surface area contributed by atoms with E-state index < -0.39 is 0 Å². The van der Waals surface area contributed by atoms with Crippen molar-refractivity contribution in [3.63, 3.8) is 0 Å². The highest BCUT2D eigenvalue weighted by molar-refractivity contribution is 5.46. The van der Waals surface area contributed by atoms with Crippen molar-refractivity contribution in [2.45, 2.75) is 19.5 Å². The van der Waals surface area contributed by atoms with E-state index in [1.165, 1.54) is 5.56 Å². The lowest BCUT2D eigenvalue weighted by Gasteiger charge is -2.28. The number of benzene rings is 1. The Morgan fingerprint density at radius 1 is 1.07 bits per heavy atom. The maximum Gasteiger partial charge on any atom is 0.165 e. The lowest BCUT2D eigenvalue weighted by atomic mass is 10.1. The van der Waals surface area contributed by atoms with Gasteiger partial charge in [0, 0.05) is 50.7 Å². The Balaban J connectivity index is 1.67. The van der Waals surface area contributed by atoms with Crippen LogP contribution in [-0.2, 0) is 17.8 Å². The van der Waals surface area contributed by atoms with E-state index in [0.717, 1.165) is 76.0 Å². The Morgan fingerprint density at radius 2 is 1.93 bits per heavy atom. The molecule has 1 aliphatic heterocycles. The second kappa shape index (κ2) is 11.0. The van der Waals surface area contributed by atoms with Crippen molar-refractivity contribution in [3.8, 4) is 11.5 Å². The molecule has 0 atom stereocenters. The first-order chi connectivity index (χ1) is 13.8. The van der Waals surface area contributed by atoms with E-state index in [1.54, 1.807) is 14.2 Å². The third kappa shape index (κ3) is 5.92. The van der Waals surface area contributed by atoms with Crippen molar-refractivity contribution in [3.05, 3.63) is 53.9 Å². The summed E-state index contributed by atoms with van der Waals surface area (Å²) in [6.45, 7) is 7.53. The topological polar surface area (TPSA) is 47.1 Å². The van der Waals surface area contributed by atoms with E-state index in [9.17, 15) is 0 Å². The summed E-state index contributed by atoms with van der Waals surface area (Å²) in [7, 11) is 3.38. The average Bonchev–Trinajstić information content (AvgIpc) is 2.75. The molecule has 0 bridgehead atoms. The zero-order chi connectivity index (χ0) is 19.6. The van der Waals surface area contributed by atoms with Crippen LogP contribution in [0.2, 0.25) is 0 Å². The molecule has 0 N–H and O–H groups in total. The highest BCUT2D eigenvalue weighted by atomic mass is 16.5. The number of methoxy groups -OCH3 is 2. The van der Waals surface area contributed by atoms with Crippen molar-refractivity contribution >= 4 is 0 Å². The summed E-state index contributed by atoms with van der Waals surface area (Å²) < 4.78 is 16.5. The SMILES string of the molecule is COc1cccc(CN(CCCN2CCOCC2)Cc2cccnc2)c1OC. The van der Waals surface area contributed by atoms with Gasteiger partial charge >= 0.3 is 0 Å². The van der Waals surface area contributed by atoms with Gasteiger partial charge in [-0.3, -0.25) is 14.8 Å². The summed E-state index contributed by atoms with van der Waals surface area (Å²) in [6.07, 6.45) is 4.88. The van der Waals surface area contributed by atoms with Gasteiger partial charge < -0.3 is 14.2 Å². The van der Waals surface area contributed by atoms with Crippen LogP contribution < -0.4 is 9.47 Å². The number of morpholine rings is 1. The predicted molar refractivity (Wildman–Crippen MR) is 110 cm³/mol. The van der Waals surface area contributed by atoms with Crippen LogP contribution in [0.4, 0.5) is 0 Å². The molecule has 2 heterocycles. The maximum atomic E-state index is 5.63. The van der Waals surface area contributed by atoms with Gasteiger partial charge in [-0.15, -0.1) is 0 Å². The fraction of sp³-hybridized carbons (Fsp3) is 0.500. The quantitative estimate of drug-likeness (QED) is 0.627. The Morgan fingerprint density at radius 3 is 2.64 bits per heavy atom. The van der Waals surface area contributed by atoms with Crippen molar-refractivity contribution < 1.29 is 14.2 Å². The summed E-state index contributed by atoms with van der Waals surface area (Å²) in [6, 6.07) is 10.2. The van der Waals surface area contributed by atoms with Crippen LogP contribution in [0, 0.1) is 0 Å². The minimum Gasteiger partial charge on any atom is -0.493 e. The Kier molecular flexibility index (Phi) is 8.08. The molecule has 1 saturated heterocycles. The Bertz CT molecular complexity index is 705. The number of aromatic nitrogens is 1. The molecule has 0 radical (unpaired) electrons. The van der Waals surface area contributed by atoms with Gasteiger partial charge in [0.15, 0.2) is 11.5 Å². The summed E-state index contributed by atoms with van der Waals surface area (Å²) in [5, 5.41) is 0. The van der Waals surface area contributed by atoms with Crippen LogP contribution in [0.5, 0.6) is 11.5 Å². The van der Waals surface area contributed by atoms with Crippen LogP contribution in [-0.4, -0.2) is 68.4 Å². The molecule has 0 unspecified atom stereocenters. The van der Waals surface area contributed by atoms with Gasteiger partial charge in [0.25, 0.3) is 0 Å². The Hall–Kier alpha value is -2.15. The van der Waals surface area contributed by atoms with Gasteiger partial charge in [0.2, 0.25) is 0 Å². The number of hydrogen-bond donors (Lipinski definition) is 0. The molecule has 28 heavy (non-hydrogen) atoms. The number of nitrogens with zero attached hydrogens (tertiary/aromatic N) is 3. The summed E-state index contributed by atoms with van der Waals surface area (Å²) in [5.74, 6) is 1.59. The molecule has 1 aromatic carbocycles. The van der Waals surface area contributed by atoms with E-state index in [2.05, 4.69) is 26.9 Å². The normalized spacial score (nSPS) is 15.0. The second-order valence-corrected chi connectivity index (χ2v) is 7.03. The fourth-order valence-corrected chi connectivity index (χ4v) is 3.63. The van der Waals surface area contributed by atoms with E-state index in [4.69, 9.17) is 14.2 Å². The fourth-order valence-electron chi connectivity index (χ4n) is 3.63. The van der Waals surface area contributed by atoms with Crippen LogP contribution >= 0.6 is 0 Å². The monoisotopic (exact) mass is 385 g/mol. The lowest BCUT2D eigenvalue weighted by Crippen LogP contribution is -2.38. The third-order valence-corrected chi connectivity index (χ3v) is 5.06. The van der Waals surface area contributed by atoms with Gasteiger partial charge in [-0.1, -0.05) is 18.2 Å². The highest BCUT2D eigenvalue weighted by Gasteiger charge is 2.15. The van der Waals surface area contributed by atoms with Crippen LogP contribution in [0.15, 0.2) is 42.7 Å². The lowest BCUT2D eigenvalue weighted by molar-refractivity contribution is 0.0358. The third-order valence-electron chi connectivity index (χ3n) is 5.06. The molecule has 6 heteroatoms. The molecule has 0 saturated carbocycles. The molecule has 0 spiro atoms. The van der Waals surface area contributed by atoms with E-state index in [1.807, 2.05) is 30.6 Å². The number of rotatable bonds is 10. The first-order valence-electron chi connectivity index (χ1n) is 9.91. The van der Waals surface area contributed by atoms with Gasteiger partial charge in [0.05, 0.1) is 27.4 Å². The van der Waals surface area contributed by atoms with Crippen LogP contribution in [0.1, 0.15) is 17.5 Å². The number of hydrogen-bond acceptors (Lipinski definition) is 6. The van der Waals surface area contributed by atoms with Gasteiger partial charge in [-0.05, 0) is 30.7 Å². The van der Waals surface area contributed by atoms with Crippen molar-refractivity contribution in [2.24, 2.45) is 0 Å². The maximum absolute atomic E-state index is 5.63. The zero-order valence-electron chi connectivity index (χ0n) is 17.0. The van der Waals surface area contributed by atoms with Crippen LogP contribution in [0.3, 0.4) is 0 Å². The molecule has 1 aromatic heterocycles. The zero-order valence-corrected chi connectivity index (χ0v) is 17.0. The minimum atomic E-state index is 0.773. The predicted octanol–water partition coefficient (Wildman–Crippen LogP) is 2.82. The molecule has 1 fully saturated rings. The van der Waals surface area contributed by atoms with Gasteiger partial charge in [-0.25, -0.2) is 0 Å². The molecule has 1 aliphatic rings. The van der Waals surface area contributed by atoms with Gasteiger partial charge in [-0.2, -0.15) is 0 Å². The second-order valence-electron chi connectivity index (χ2n) is 7.03. The molecular weight excluding hydrogens is 354 g/mol. The highest BCUT2D eigenvalue weighted by Crippen LogP contribution is 2.31. The molecule has 0 amide bonds. The molecule has 6 nitrogen and oxygen atoms in total. The average molecular weight is 386 g/mol. The van der Waals surface area contributed by atoms with E-state index >= 15 is 0 Å². The minimum absolute atomic E-state index is 0.773. The largest absolute Gasteiger partial charge is 0.493 e. The first kappa shape index (κ1) is 20.6. The standard InChI is InChI=1S/C22H31N3O3/c1-26-21-8-3-7-20(22(21)27-2)18-25(17-19-6-4-9-23-16-19)11-5-10-24-12-14-28-15-13-24/h3-4,6-9,16H,5,10-15,17-18H2,1-2H3. The Labute approximate surface area is 168 Å². The number of ether oxygens (including phenoxy) is 3. The molecule has 152 valence electrons. The first-order valence-corrected chi connectivity index (χ1v) is 9.91. The number of pyridine rings is 1. The van der Waals surface area contributed by atoms with Gasteiger partial charge in [0.1, 0.15) is 0 Å². The van der Waals surface area contributed by atoms with Crippen molar-refractivity contribution in [1.82, 2.24) is 14.8 Å².